The van der Waals surface area contributed by atoms with Crippen molar-refractivity contribution in [2.45, 2.75) is 19.1 Å². The largest absolute Gasteiger partial charge is 0.502 e. The number of aromatic hydroxyl groups is 1. The van der Waals surface area contributed by atoms with Gasteiger partial charge in [0.1, 0.15) is 0 Å². The molecule has 2 aromatic carbocycles. The quantitative estimate of drug-likeness (QED) is 0.429. The number of halogens is 3. The predicted molar refractivity (Wildman–Crippen MR) is 102 cm³/mol. The molecule has 0 bridgehead atoms. The Kier molecular flexibility index (Phi) is 5.56. The predicted octanol–water partition coefficient (Wildman–Crippen LogP) is 3.59. The molecule has 0 saturated heterocycles. The average molecular weight is 436 g/mol. The first kappa shape index (κ1) is 21.6. The van der Waals surface area contributed by atoms with Crippen molar-refractivity contribution < 1.29 is 32.8 Å². The number of amides is 3. The molecule has 0 radical (unpaired) electrons. The number of phenolic OH excluding ortho intramolecular Hbond substituents is 1. The fraction of sp³-hybridized carbons (Fsp3) is 0.158. The summed E-state index contributed by atoms with van der Waals surface area (Å²) in [7, 11) is 0. The zero-order chi connectivity index (χ0) is 22.9. The van der Waals surface area contributed by atoms with Crippen LogP contribution in [0.5, 0.6) is 5.75 Å². The number of nitro groups is 1. The molecule has 1 atom stereocenters. The van der Waals surface area contributed by atoms with Crippen LogP contribution in [0.3, 0.4) is 0 Å². The van der Waals surface area contributed by atoms with E-state index in [1.54, 1.807) is 0 Å². The minimum atomic E-state index is -4.61. The van der Waals surface area contributed by atoms with E-state index in [2.05, 4.69) is 16.0 Å². The number of hydrogen-bond acceptors (Lipinski definition) is 5. The zero-order valence-electron chi connectivity index (χ0n) is 15.8. The Morgan fingerprint density at radius 1 is 1.23 bits per heavy atom. The van der Waals surface area contributed by atoms with Crippen molar-refractivity contribution in [3.05, 3.63) is 75.0 Å². The normalized spacial score (nSPS) is 16.4. The molecular formula is C19H15F3N4O5. The summed E-state index contributed by atoms with van der Waals surface area (Å²) < 4.78 is 38.8. The molecule has 0 spiro atoms. The Morgan fingerprint density at radius 2 is 1.94 bits per heavy atom. The number of nitrogens with one attached hydrogen (secondary N) is 3. The van der Waals surface area contributed by atoms with Gasteiger partial charge in [-0.1, -0.05) is 12.1 Å². The highest BCUT2D eigenvalue weighted by molar-refractivity contribution is 6.06. The molecule has 1 aliphatic heterocycles. The topological polar surface area (TPSA) is 134 Å². The van der Waals surface area contributed by atoms with Crippen LogP contribution in [0.2, 0.25) is 0 Å². The number of hydrogen-bond donors (Lipinski definition) is 4. The monoisotopic (exact) mass is 436 g/mol. The van der Waals surface area contributed by atoms with E-state index in [9.17, 15) is 38.0 Å². The number of nitro benzene ring substituents is 1. The van der Waals surface area contributed by atoms with Gasteiger partial charge in [0.15, 0.2) is 5.75 Å². The van der Waals surface area contributed by atoms with Gasteiger partial charge in [-0.25, -0.2) is 4.79 Å². The maximum Gasteiger partial charge on any atom is 0.416 e. The van der Waals surface area contributed by atoms with Gasteiger partial charge in [0.2, 0.25) is 0 Å². The first-order valence-electron chi connectivity index (χ1n) is 8.71. The van der Waals surface area contributed by atoms with Crippen molar-refractivity contribution in [1.29, 1.82) is 0 Å². The number of nitrogens with zero attached hydrogens (tertiary/aromatic N) is 1. The molecule has 9 nitrogen and oxygen atoms in total. The Bertz CT molecular complexity index is 1110. The Labute approximate surface area is 172 Å². The van der Waals surface area contributed by atoms with Gasteiger partial charge < -0.3 is 21.1 Å². The highest BCUT2D eigenvalue weighted by Gasteiger charge is 2.34. The van der Waals surface area contributed by atoms with E-state index in [1.807, 2.05) is 0 Å². The summed E-state index contributed by atoms with van der Waals surface area (Å²) in [6.07, 6.45) is -4.61. The standard InChI is InChI=1S/C19H15F3N4O5/c1-9-15(17(28)24-12-4-2-3-11(8-12)19(20,21)22)16(25-18(29)23-9)10-5-6-14(27)13(7-10)26(30)31/h2-8,16,27H,1H3,(H,24,28)(H2,23,25,29)/t16-/m1/s1. The Hall–Kier alpha value is -4.09. The Balaban J connectivity index is 1.98. The molecule has 3 amide bonds. The number of benzene rings is 2. The second-order valence-corrected chi connectivity index (χ2v) is 6.61. The summed E-state index contributed by atoms with van der Waals surface area (Å²) in [6.45, 7) is 1.40. The summed E-state index contributed by atoms with van der Waals surface area (Å²) in [4.78, 5) is 35.1. The van der Waals surface area contributed by atoms with E-state index < -0.39 is 46.1 Å². The van der Waals surface area contributed by atoms with Crippen LogP contribution in [0, 0.1) is 10.1 Å². The molecular weight excluding hydrogens is 421 g/mol. The number of allylic oxidation sites excluding steroid dienone is 1. The minimum absolute atomic E-state index is 0.0722. The van der Waals surface area contributed by atoms with E-state index in [-0.39, 0.29) is 22.5 Å². The van der Waals surface area contributed by atoms with Crippen molar-refractivity contribution >= 4 is 23.3 Å². The number of rotatable bonds is 4. The lowest BCUT2D eigenvalue weighted by Gasteiger charge is -2.28. The summed E-state index contributed by atoms with van der Waals surface area (Å²) in [5.41, 5.74) is -1.58. The molecule has 0 fully saturated rings. The van der Waals surface area contributed by atoms with E-state index in [4.69, 9.17) is 0 Å². The fourth-order valence-electron chi connectivity index (χ4n) is 3.08. The van der Waals surface area contributed by atoms with Gasteiger partial charge in [0.05, 0.1) is 22.1 Å². The molecule has 12 heteroatoms. The van der Waals surface area contributed by atoms with E-state index in [0.29, 0.717) is 0 Å². The number of alkyl halides is 3. The van der Waals surface area contributed by atoms with E-state index in [0.717, 1.165) is 30.3 Å². The maximum absolute atomic E-state index is 12.9. The van der Waals surface area contributed by atoms with Crippen molar-refractivity contribution in [3.63, 3.8) is 0 Å². The van der Waals surface area contributed by atoms with Crippen LogP contribution in [0.25, 0.3) is 0 Å². The lowest BCUT2D eigenvalue weighted by Crippen LogP contribution is -2.46. The van der Waals surface area contributed by atoms with Crippen molar-refractivity contribution in [3.8, 4) is 5.75 Å². The molecule has 0 unspecified atom stereocenters. The zero-order valence-corrected chi connectivity index (χ0v) is 15.8. The first-order valence-corrected chi connectivity index (χ1v) is 8.71. The van der Waals surface area contributed by atoms with Crippen molar-refractivity contribution in [1.82, 2.24) is 10.6 Å². The molecule has 0 aromatic heterocycles. The van der Waals surface area contributed by atoms with E-state index in [1.165, 1.54) is 19.1 Å². The minimum Gasteiger partial charge on any atom is -0.502 e. The van der Waals surface area contributed by atoms with Crippen LogP contribution < -0.4 is 16.0 Å². The van der Waals surface area contributed by atoms with Gasteiger partial charge in [0.25, 0.3) is 5.91 Å². The molecule has 1 aliphatic rings. The average Bonchev–Trinajstić information content (AvgIpc) is 2.67. The molecule has 162 valence electrons. The van der Waals surface area contributed by atoms with Gasteiger partial charge in [-0.05, 0) is 36.8 Å². The highest BCUT2D eigenvalue weighted by Crippen LogP contribution is 2.34. The second kappa shape index (κ2) is 7.97. The van der Waals surface area contributed by atoms with Crippen LogP contribution in [-0.2, 0) is 11.0 Å². The third kappa shape index (κ3) is 4.57. The smallest absolute Gasteiger partial charge is 0.416 e. The number of anilines is 1. The second-order valence-electron chi connectivity index (χ2n) is 6.61. The van der Waals surface area contributed by atoms with Gasteiger partial charge in [0, 0.05) is 17.5 Å². The molecule has 2 aromatic rings. The molecule has 4 N–H and O–H groups in total. The van der Waals surface area contributed by atoms with Crippen LogP contribution in [-0.4, -0.2) is 22.0 Å². The van der Waals surface area contributed by atoms with Gasteiger partial charge in [-0.15, -0.1) is 0 Å². The summed E-state index contributed by atoms with van der Waals surface area (Å²) in [5.74, 6) is -1.44. The van der Waals surface area contributed by atoms with Crippen molar-refractivity contribution in [2.75, 3.05) is 5.32 Å². The summed E-state index contributed by atoms with van der Waals surface area (Å²) in [5, 5.41) is 27.9. The molecule has 0 aliphatic carbocycles. The van der Waals surface area contributed by atoms with Crippen molar-refractivity contribution in [2.24, 2.45) is 0 Å². The number of phenols is 1. The number of carbonyl (C=O) groups is 2. The molecule has 31 heavy (non-hydrogen) atoms. The van der Waals surface area contributed by atoms with Crippen LogP contribution >= 0.6 is 0 Å². The summed E-state index contributed by atoms with van der Waals surface area (Å²) in [6, 6.07) is 5.47. The van der Waals surface area contributed by atoms with Gasteiger partial charge in [-0.2, -0.15) is 13.2 Å². The third-order valence-corrected chi connectivity index (χ3v) is 4.49. The van der Waals surface area contributed by atoms with Crippen LogP contribution in [0.1, 0.15) is 24.1 Å². The third-order valence-electron chi connectivity index (χ3n) is 4.49. The van der Waals surface area contributed by atoms with E-state index >= 15 is 0 Å². The van der Waals surface area contributed by atoms with Crippen LogP contribution in [0.4, 0.5) is 29.3 Å². The lowest BCUT2D eigenvalue weighted by molar-refractivity contribution is -0.385. The fourth-order valence-corrected chi connectivity index (χ4v) is 3.08. The molecule has 0 saturated carbocycles. The molecule has 3 rings (SSSR count). The van der Waals surface area contributed by atoms with Crippen LogP contribution in [0.15, 0.2) is 53.7 Å². The maximum atomic E-state index is 12.9. The Morgan fingerprint density at radius 3 is 2.58 bits per heavy atom. The van der Waals surface area contributed by atoms with Gasteiger partial charge in [-0.3, -0.25) is 14.9 Å². The van der Waals surface area contributed by atoms with Gasteiger partial charge >= 0.3 is 17.9 Å². The number of carbonyl (C=O) groups excluding carboxylic acids is 2. The number of urea groups is 1. The SMILES string of the molecule is CC1=C(C(=O)Nc2cccc(C(F)(F)F)c2)[C@@H](c2ccc(O)c([N+](=O)[O-])c2)NC(=O)N1. The lowest BCUT2D eigenvalue weighted by atomic mass is 9.94. The highest BCUT2D eigenvalue weighted by atomic mass is 19.4. The summed E-state index contributed by atoms with van der Waals surface area (Å²) >= 11 is 0. The first-order chi connectivity index (χ1) is 14.5. The molecule has 1 heterocycles.